The van der Waals surface area contributed by atoms with Crippen LogP contribution in [0.1, 0.15) is 50.2 Å². The summed E-state index contributed by atoms with van der Waals surface area (Å²) in [6.45, 7) is 13.0. The van der Waals surface area contributed by atoms with Gasteiger partial charge in [-0.15, -0.1) is 11.8 Å². The van der Waals surface area contributed by atoms with Gasteiger partial charge in [0.2, 0.25) is 0 Å². The standard InChI is InChI=1S/C16H27N3S2/c1-10(2)7-17-8-14-6-11(3)18-16(19-14)15-9-20-12(4)13(5)21-15/h6,10,12-13,15,17H,7-9H2,1-5H3. The fourth-order valence-electron chi connectivity index (χ4n) is 2.30. The molecule has 3 atom stereocenters. The number of rotatable bonds is 5. The fraction of sp³-hybridized carbons (Fsp3) is 0.750. The monoisotopic (exact) mass is 325 g/mol. The third-order valence-corrected chi connectivity index (χ3v) is 7.01. The summed E-state index contributed by atoms with van der Waals surface area (Å²) in [5.41, 5.74) is 2.20. The first kappa shape index (κ1) is 17.1. The van der Waals surface area contributed by atoms with Gasteiger partial charge in [-0.05, 0) is 25.5 Å². The van der Waals surface area contributed by atoms with Crippen LogP contribution in [0.5, 0.6) is 0 Å². The van der Waals surface area contributed by atoms with E-state index in [1.807, 2.05) is 23.5 Å². The first-order chi connectivity index (χ1) is 9.95. The molecule has 0 saturated carbocycles. The second-order valence-corrected chi connectivity index (χ2v) is 9.25. The van der Waals surface area contributed by atoms with Crippen LogP contribution in [0.25, 0.3) is 0 Å². The van der Waals surface area contributed by atoms with Crippen LogP contribution < -0.4 is 5.32 Å². The van der Waals surface area contributed by atoms with Gasteiger partial charge in [-0.1, -0.05) is 27.7 Å². The minimum atomic E-state index is 0.435. The van der Waals surface area contributed by atoms with Gasteiger partial charge in [0.25, 0.3) is 0 Å². The Balaban J connectivity index is 2.04. The highest BCUT2D eigenvalue weighted by Gasteiger charge is 2.28. The van der Waals surface area contributed by atoms with Gasteiger partial charge in [0.05, 0.1) is 10.9 Å². The van der Waals surface area contributed by atoms with Crippen molar-refractivity contribution < 1.29 is 0 Å². The summed E-state index contributed by atoms with van der Waals surface area (Å²) in [6.07, 6.45) is 0. The molecule has 0 spiro atoms. The van der Waals surface area contributed by atoms with Crippen molar-refractivity contribution in [2.24, 2.45) is 5.92 Å². The summed E-state index contributed by atoms with van der Waals surface area (Å²) in [5.74, 6) is 2.81. The Labute approximate surface area is 137 Å². The average Bonchev–Trinajstić information content (AvgIpc) is 2.41. The van der Waals surface area contributed by atoms with Gasteiger partial charge in [-0.2, -0.15) is 11.8 Å². The molecular weight excluding hydrogens is 298 g/mol. The summed E-state index contributed by atoms with van der Waals surface area (Å²) in [4.78, 5) is 9.49. The second kappa shape index (κ2) is 7.84. The number of nitrogens with one attached hydrogen (secondary N) is 1. The van der Waals surface area contributed by atoms with Crippen LogP contribution in [0.3, 0.4) is 0 Å². The topological polar surface area (TPSA) is 37.8 Å². The molecule has 3 nitrogen and oxygen atoms in total. The summed E-state index contributed by atoms with van der Waals surface area (Å²) in [6, 6.07) is 2.10. The van der Waals surface area contributed by atoms with Crippen molar-refractivity contribution in [1.82, 2.24) is 15.3 Å². The Bertz CT molecular complexity index is 465. The van der Waals surface area contributed by atoms with Gasteiger partial charge in [-0.25, -0.2) is 9.97 Å². The third-order valence-electron chi connectivity index (χ3n) is 3.62. The molecule has 1 N–H and O–H groups in total. The van der Waals surface area contributed by atoms with Gasteiger partial charge in [-0.3, -0.25) is 0 Å². The van der Waals surface area contributed by atoms with Crippen molar-refractivity contribution in [1.29, 1.82) is 0 Å². The number of aryl methyl sites for hydroxylation is 1. The van der Waals surface area contributed by atoms with Gasteiger partial charge in [0.15, 0.2) is 0 Å². The van der Waals surface area contributed by atoms with Crippen LogP contribution in [0.2, 0.25) is 0 Å². The number of hydrogen-bond acceptors (Lipinski definition) is 5. The molecule has 0 amide bonds. The number of hydrogen-bond donors (Lipinski definition) is 1. The molecule has 1 fully saturated rings. The quantitative estimate of drug-likeness (QED) is 0.890. The van der Waals surface area contributed by atoms with E-state index in [-0.39, 0.29) is 0 Å². The zero-order chi connectivity index (χ0) is 15.4. The lowest BCUT2D eigenvalue weighted by atomic mass is 10.2. The summed E-state index contributed by atoms with van der Waals surface area (Å²) >= 11 is 4.07. The zero-order valence-corrected chi connectivity index (χ0v) is 15.4. The fourth-order valence-corrected chi connectivity index (χ4v) is 5.14. The molecule has 0 aromatic carbocycles. The van der Waals surface area contributed by atoms with Crippen molar-refractivity contribution in [2.45, 2.75) is 56.9 Å². The maximum Gasteiger partial charge on any atom is 0.142 e. The molecule has 0 aliphatic carbocycles. The molecule has 3 unspecified atom stereocenters. The van der Waals surface area contributed by atoms with Gasteiger partial charge in [0.1, 0.15) is 5.82 Å². The molecule has 1 saturated heterocycles. The van der Waals surface area contributed by atoms with Crippen LogP contribution in [-0.4, -0.2) is 32.8 Å². The molecule has 0 bridgehead atoms. The number of nitrogens with zero attached hydrogens (tertiary/aromatic N) is 2. The Morgan fingerprint density at radius 2 is 2.05 bits per heavy atom. The molecular formula is C16H27N3S2. The van der Waals surface area contributed by atoms with Crippen molar-refractivity contribution in [2.75, 3.05) is 12.3 Å². The lowest BCUT2D eigenvalue weighted by molar-refractivity contribution is 0.546. The highest BCUT2D eigenvalue weighted by molar-refractivity contribution is 8.07. The number of thioether (sulfide) groups is 2. The highest BCUT2D eigenvalue weighted by Crippen LogP contribution is 2.43. The Morgan fingerprint density at radius 1 is 1.29 bits per heavy atom. The maximum absolute atomic E-state index is 4.81. The predicted octanol–water partition coefficient (Wildman–Crippen LogP) is 3.83. The maximum atomic E-state index is 4.81. The molecule has 5 heteroatoms. The third kappa shape index (κ3) is 5.15. The van der Waals surface area contributed by atoms with Gasteiger partial charge < -0.3 is 5.32 Å². The summed E-state index contributed by atoms with van der Waals surface area (Å²) < 4.78 is 0. The van der Waals surface area contributed by atoms with E-state index in [0.29, 0.717) is 16.4 Å². The van der Waals surface area contributed by atoms with Gasteiger partial charge >= 0.3 is 0 Å². The minimum Gasteiger partial charge on any atom is -0.311 e. The molecule has 1 aromatic rings. The van der Waals surface area contributed by atoms with Crippen LogP contribution in [0, 0.1) is 12.8 Å². The van der Waals surface area contributed by atoms with Crippen LogP contribution in [-0.2, 0) is 6.54 Å². The van der Waals surface area contributed by atoms with Crippen LogP contribution in [0.15, 0.2) is 6.07 Å². The minimum absolute atomic E-state index is 0.435. The van der Waals surface area contributed by atoms with E-state index in [9.17, 15) is 0 Å². The molecule has 21 heavy (non-hydrogen) atoms. The van der Waals surface area contributed by atoms with Crippen molar-refractivity contribution in [3.8, 4) is 0 Å². The SMILES string of the molecule is Cc1cc(CNCC(C)C)nc(C2CSC(C)C(C)S2)n1. The second-order valence-electron chi connectivity index (χ2n) is 6.25. The van der Waals surface area contributed by atoms with E-state index < -0.39 is 0 Å². The first-order valence-electron chi connectivity index (χ1n) is 7.78. The largest absolute Gasteiger partial charge is 0.311 e. The molecule has 1 aromatic heterocycles. The van der Waals surface area contributed by atoms with E-state index in [1.165, 1.54) is 0 Å². The Kier molecular flexibility index (Phi) is 6.38. The smallest absolute Gasteiger partial charge is 0.142 e. The lowest BCUT2D eigenvalue weighted by Crippen LogP contribution is -2.24. The van der Waals surface area contributed by atoms with Crippen molar-refractivity contribution in [3.05, 3.63) is 23.3 Å². The van der Waals surface area contributed by atoms with Crippen molar-refractivity contribution >= 4 is 23.5 Å². The Hall–Kier alpha value is -0.260. The van der Waals surface area contributed by atoms with E-state index in [2.05, 4.69) is 51.0 Å². The Morgan fingerprint density at radius 3 is 2.71 bits per heavy atom. The van der Waals surface area contributed by atoms with E-state index in [0.717, 1.165) is 41.3 Å². The number of aromatic nitrogens is 2. The van der Waals surface area contributed by atoms with E-state index in [1.54, 1.807) is 0 Å². The van der Waals surface area contributed by atoms with Crippen LogP contribution >= 0.6 is 23.5 Å². The van der Waals surface area contributed by atoms with E-state index >= 15 is 0 Å². The first-order valence-corrected chi connectivity index (χ1v) is 9.77. The molecule has 0 radical (unpaired) electrons. The zero-order valence-electron chi connectivity index (χ0n) is 13.7. The molecule has 2 rings (SSSR count). The average molecular weight is 326 g/mol. The van der Waals surface area contributed by atoms with Crippen molar-refractivity contribution in [3.63, 3.8) is 0 Å². The van der Waals surface area contributed by atoms with Crippen LogP contribution in [0.4, 0.5) is 0 Å². The normalized spacial score (nSPS) is 26.3. The summed E-state index contributed by atoms with van der Waals surface area (Å²) in [5, 5.41) is 5.30. The predicted molar refractivity (Wildman–Crippen MR) is 95.0 cm³/mol. The van der Waals surface area contributed by atoms with E-state index in [4.69, 9.17) is 4.98 Å². The lowest BCUT2D eigenvalue weighted by Gasteiger charge is -2.30. The van der Waals surface area contributed by atoms with Gasteiger partial charge in [0, 0.05) is 28.5 Å². The molecule has 118 valence electrons. The molecule has 1 aliphatic heterocycles. The molecule has 2 heterocycles. The molecule has 1 aliphatic rings. The highest BCUT2D eigenvalue weighted by atomic mass is 32.2. The summed E-state index contributed by atoms with van der Waals surface area (Å²) in [7, 11) is 0.